The molecule has 0 aliphatic heterocycles. The Kier molecular flexibility index (Phi) is 5.14. The van der Waals surface area contributed by atoms with Crippen LogP contribution in [0.2, 0.25) is 22.5 Å². The molecule has 2 heteroatoms. The number of hydrogen-bond donors (Lipinski definition) is 0. The first-order valence-electron chi connectivity index (χ1n) is 7.29. The summed E-state index contributed by atoms with van der Waals surface area (Å²) in [6.45, 7) is 0. The Balaban J connectivity index is 2.15. The summed E-state index contributed by atoms with van der Waals surface area (Å²) >= 11 is 0.409. The first kappa shape index (κ1) is 14.4. The van der Waals surface area contributed by atoms with Gasteiger partial charge in [0.2, 0.25) is 0 Å². The molecule has 1 heterocycles. The molecule has 0 unspecified atom stereocenters. The van der Waals surface area contributed by atoms with Crippen molar-refractivity contribution in [3.05, 3.63) is 28.5 Å². The predicted molar refractivity (Wildman–Crippen MR) is 87.0 cm³/mol. The predicted octanol–water partition coefficient (Wildman–Crippen LogP) is 6.05. The summed E-state index contributed by atoms with van der Waals surface area (Å²) in [7, 11) is 0. The van der Waals surface area contributed by atoms with Crippen molar-refractivity contribution in [2.24, 2.45) is 5.92 Å². The van der Waals surface area contributed by atoms with Crippen LogP contribution < -0.4 is 0 Å². The zero-order valence-electron chi connectivity index (χ0n) is 12.0. The van der Waals surface area contributed by atoms with E-state index in [1.165, 1.54) is 42.2 Å². The Morgan fingerprint density at radius 3 is 2.56 bits per heavy atom. The first-order chi connectivity index (χ1) is 8.54. The van der Waals surface area contributed by atoms with Crippen LogP contribution in [0, 0.1) is 5.92 Å². The van der Waals surface area contributed by atoms with Crippen LogP contribution in [0.25, 0.3) is 5.57 Å². The van der Waals surface area contributed by atoms with E-state index >= 15 is 0 Å². The SMILES string of the molecule is [CH3][Ge]([CH3])([CH3])[CH2]/C(=C\C1CCCCC1)c1cccs1. The third kappa shape index (κ3) is 4.58. The minimum absolute atomic E-state index is 0.862. The van der Waals surface area contributed by atoms with Crippen molar-refractivity contribution in [3.63, 3.8) is 0 Å². The quantitative estimate of drug-likeness (QED) is 0.592. The van der Waals surface area contributed by atoms with Gasteiger partial charge in [0.25, 0.3) is 0 Å². The van der Waals surface area contributed by atoms with Crippen molar-refractivity contribution in [2.75, 3.05) is 0 Å². The summed E-state index contributed by atoms with van der Waals surface area (Å²) in [6.07, 6.45) is 9.82. The second-order valence-corrected chi connectivity index (χ2v) is 19.2. The van der Waals surface area contributed by atoms with Gasteiger partial charge >= 0.3 is 119 Å². The summed E-state index contributed by atoms with van der Waals surface area (Å²) in [5.41, 5.74) is 1.67. The monoisotopic (exact) mass is 324 g/mol. The van der Waals surface area contributed by atoms with E-state index < -0.39 is 13.3 Å². The maximum absolute atomic E-state index is 2.64. The Morgan fingerprint density at radius 2 is 2.00 bits per heavy atom. The average molecular weight is 323 g/mol. The van der Waals surface area contributed by atoms with Gasteiger partial charge in [-0.2, -0.15) is 0 Å². The molecule has 1 aliphatic carbocycles. The molecule has 0 spiro atoms. The van der Waals surface area contributed by atoms with E-state index in [4.69, 9.17) is 0 Å². The number of rotatable bonds is 4. The maximum atomic E-state index is 2.64. The van der Waals surface area contributed by atoms with E-state index in [1.54, 1.807) is 5.57 Å². The van der Waals surface area contributed by atoms with Crippen molar-refractivity contribution >= 4 is 30.2 Å². The van der Waals surface area contributed by atoms with Crippen LogP contribution in [0.15, 0.2) is 23.6 Å². The third-order valence-corrected chi connectivity index (χ3v) is 7.62. The van der Waals surface area contributed by atoms with Crippen molar-refractivity contribution < 1.29 is 0 Å². The molecule has 100 valence electrons. The van der Waals surface area contributed by atoms with Gasteiger partial charge in [0.1, 0.15) is 0 Å². The molecule has 18 heavy (non-hydrogen) atoms. The van der Waals surface area contributed by atoms with Gasteiger partial charge in [-0.15, -0.1) is 0 Å². The van der Waals surface area contributed by atoms with Crippen LogP contribution in [0.1, 0.15) is 37.0 Å². The van der Waals surface area contributed by atoms with Crippen molar-refractivity contribution in [1.29, 1.82) is 0 Å². The fraction of sp³-hybridized carbons (Fsp3) is 0.625. The summed E-state index contributed by atoms with van der Waals surface area (Å²) in [5.74, 6) is 8.45. The Bertz CT molecular complexity index is 378. The zero-order valence-corrected chi connectivity index (χ0v) is 15.0. The molecular weight excluding hydrogens is 297 g/mol. The Labute approximate surface area is 119 Å². The van der Waals surface area contributed by atoms with Gasteiger partial charge in [0.15, 0.2) is 0 Å². The normalized spacial score (nSPS) is 19.2. The van der Waals surface area contributed by atoms with Gasteiger partial charge in [0, 0.05) is 0 Å². The van der Waals surface area contributed by atoms with E-state index in [0.717, 1.165) is 5.92 Å². The molecule has 1 fully saturated rings. The molecule has 2 rings (SSSR count). The molecular formula is C16H26GeS. The Hall–Kier alpha value is -0.0171. The van der Waals surface area contributed by atoms with E-state index in [2.05, 4.69) is 40.9 Å². The van der Waals surface area contributed by atoms with E-state index in [-0.39, 0.29) is 0 Å². The fourth-order valence-electron chi connectivity index (χ4n) is 2.85. The number of hydrogen-bond acceptors (Lipinski definition) is 1. The molecule has 0 saturated heterocycles. The fourth-order valence-corrected chi connectivity index (χ4v) is 6.91. The van der Waals surface area contributed by atoms with Crippen LogP contribution in [0.3, 0.4) is 0 Å². The van der Waals surface area contributed by atoms with Crippen LogP contribution >= 0.6 is 11.3 Å². The second-order valence-electron chi connectivity index (χ2n) is 6.80. The molecule has 1 aliphatic rings. The topological polar surface area (TPSA) is 0 Å². The third-order valence-electron chi connectivity index (χ3n) is 3.65. The van der Waals surface area contributed by atoms with Gasteiger partial charge in [0.05, 0.1) is 0 Å². The van der Waals surface area contributed by atoms with Crippen LogP contribution in [0.4, 0.5) is 0 Å². The molecule has 0 nitrogen and oxygen atoms in total. The van der Waals surface area contributed by atoms with E-state index in [9.17, 15) is 0 Å². The van der Waals surface area contributed by atoms with E-state index in [1.807, 2.05) is 11.3 Å². The molecule has 0 bridgehead atoms. The molecule has 0 amide bonds. The van der Waals surface area contributed by atoms with Crippen LogP contribution in [-0.4, -0.2) is 13.3 Å². The van der Waals surface area contributed by atoms with Crippen LogP contribution in [-0.2, 0) is 0 Å². The molecule has 0 aromatic carbocycles. The van der Waals surface area contributed by atoms with Crippen molar-refractivity contribution in [1.82, 2.24) is 0 Å². The van der Waals surface area contributed by atoms with Gasteiger partial charge in [-0.05, 0) is 0 Å². The first-order valence-corrected chi connectivity index (χ1v) is 15.9. The number of thiophene rings is 1. The minimum atomic E-state index is -1.51. The molecule has 0 radical (unpaired) electrons. The van der Waals surface area contributed by atoms with Gasteiger partial charge in [-0.3, -0.25) is 0 Å². The molecule has 1 aromatic heterocycles. The Morgan fingerprint density at radius 1 is 1.28 bits per heavy atom. The molecule has 0 N–H and O–H groups in total. The van der Waals surface area contributed by atoms with Gasteiger partial charge < -0.3 is 0 Å². The average Bonchev–Trinajstić information content (AvgIpc) is 2.81. The van der Waals surface area contributed by atoms with Gasteiger partial charge in [-0.1, -0.05) is 0 Å². The zero-order chi connectivity index (χ0) is 13.0. The van der Waals surface area contributed by atoms with Crippen molar-refractivity contribution in [2.45, 2.75) is 54.6 Å². The van der Waals surface area contributed by atoms with Gasteiger partial charge in [-0.25, -0.2) is 0 Å². The summed E-state index contributed by atoms with van der Waals surface area (Å²) in [5, 5.41) is 3.61. The van der Waals surface area contributed by atoms with E-state index in [0.29, 0.717) is 0 Å². The summed E-state index contributed by atoms with van der Waals surface area (Å²) in [6, 6.07) is 4.51. The standard InChI is InChI=1S/C16H26GeS/c1-17(2,3)13-15(16-10-7-11-18-16)12-14-8-5-4-6-9-14/h7,10-12,14H,4-6,8-9,13H2,1-3H3/b15-12+. The molecule has 1 saturated carbocycles. The molecule has 0 atom stereocenters. The second kappa shape index (κ2) is 6.43. The van der Waals surface area contributed by atoms with Crippen LogP contribution in [0.5, 0.6) is 0 Å². The molecule has 1 aromatic rings. The van der Waals surface area contributed by atoms with Crippen molar-refractivity contribution in [3.8, 4) is 0 Å². The number of allylic oxidation sites excluding steroid dienone is 2. The summed E-state index contributed by atoms with van der Waals surface area (Å²) in [4.78, 5) is 1.53. The summed E-state index contributed by atoms with van der Waals surface area (Å²) < 4.78 is 0.